The third-order valence-corrected chi connectivity index (χ3v) is 4.89. The van der Waals surface area contributed by atoms with E-state index in [2.05, 4.69) is 43.5 Å². The van der Waals surface area contributed by atoms with Crippen LogP contribution in [0, 0.1) is 5.92 Å². The maximum absolute atomic E-state index is 5.71. The number of piperidine rings is 1. The van der Waals surface area contributed by atoms with Crippen LogP contribution in [0.5, 0.6) is 5.88 Å². The molecule has 0 atom stereocenters. The van der Waals surface area contributed by atoms with E-state index in [1.807, 2.05) is 12.5 Å². The highest BCUT2D eigenvalue weighted by Crippen LogP contribution is 2.38. The van der Waals surface area contributed by atoms with Crippen LogP contribution < -0.4 is 9.64 Å². The first-order valence-electron chi connectivity index (χ1n) is 9.30. The molecule has 0 N–H and O–H groups in total. The summed E-state index contributed by atoms with van der Waals surface area (Å²) in [6, 6.07) is 0.642. The van der Waals surface area contributed by atoms with Crippen molar-refractivity contribution in [2.24, 2.45) is 5.92 Å². The summed E-state index contributed by atoms with van der Waals surface area (Å²) in [5.41, 5.74) is 0. The monoisotopic (exact) mass is 342 g/mol. The molecule has 1 aliphatic heterocycles. The zero-order valence-electron chi connectivity index (χ0n) is 15.0. The Kier molecular flexibility index (Phi) is 4.55. The van der Waals surface area contributed by atoms with E-state index in [0.717, 1.165) is 31.7 Å². The highest BCUT2D eigenvalue weighted by molar-refractivity contribution is 5.38. The number of nitrogens with zero attached hydrogens (tertiary/aromatic N) is 6. The van der Waals surface area contributed by atoms with Crippen molar-refractivity contribution in [2.45, 2.75) is 51.5 Å². The molecule has 7 heteroatoms. The summed E-state index contributed by atoms with van der Waals surface area (Å²) in [5.74, 6) is 3.66. The lowest BCUT2D eigenvalue weighted by Gasteiger charge is -2.32. The van der Waals surface area contributed by atoms with Gasteiger partial charge in [0.1, 0.15) is 12.2 Å². The van der Waals surface area contributed by atoms with Crippen LogP contribution in [0.1, 0.15) is 57.3 Å². The van der Waals surface area contributed by atoms with Crippen molar-refractivity contribution in [2.75, 3.05) is 24.6 Å². The van der Waals surface area contributed by atoms with Crippen LogP contribution in [0.25, 0.3) is 0 Å². The van der Waals surface area contributed by atoms with Crippen molar-refractivity contribution in [3.8, 4) is 5.88 Å². The van der Waals surface area contributed by atoms with Crippen LogP contribution in [0.2, 0.25) is 0 Å². The fraction of sp³-hybridized carbons (Fsp3) is 0.667. The van der Waals surface area contributed by atoms with Crippen molar-refractivity contribution in [3.05, 3.63) is 24.5 Å². The SMILES string of the molecule is CC(C)COc1cncc(N2CCC(c3nncn3C3CC3)CC2)n1. The van der Waals surface area contributed by atoms with Gasteiger partial charge in [-0.3, -0.25) is 4.98 Å². The summed E-state index contributed by atoms with van der Waals surface area (Å²) in [5, 5.41) is 8.54. The van der Waals surface area contributed by atoms with Crippen molar-refractivity contribution in [1.29, 1.82) is 0 Å². The van der Waals surface area contributed by atoms with E-state index in [-0.39, 0.29) is 0 Å². The largest absolute Gasteiger partial charge is 0.476 e. The molecule has 0 bridgehead atoms. The first kappa shape index (κ1) is 16.3. The highest BCUT2D eigenvalue weighted by Gasteiger charge is 2.31. The van der Waals surface area contributed by atoms with Crippen molar-refractivity contribution >= 4 is 5.82 Å². The highest BCUT2D eigenvalue weighted by atomic mass is 16.5. The van der Waals surface area contributed by atoms with Gasteiger partial charge in [-0.25, -0.2) is 0 Å². The van der Waals surface area contributed by atoms with Crippen LogP contribution in [0.4, 0.5) is 5.82 Å². The second-order valence-electron chi connectivity index (χ2n) is 7.51. The predicted molar refractivity (Wildman–Crippen MR) is 94.8 cm³/mol. The fourth-order valence-electron chi connectivity index (χ4n) is 3.36. The van der Waals surface area contributed by atoms with Gasteiger partial charge in [-0.15, -0.1) is 10.2 Å². The van der Waals surface area contributed by atoms with Gasteiger partial charge in [-0.1, -0.05) is 13.8 Å². The van der Waals surface area contributed by atoms with Gasteiger partial charge in [0.25, 0.3) is 0 Å². The normalized spacial score (nSPS) is 18.8. The molecule has 25 heavy (non-hydrogen) atoms. The lowest BCUT2D eigenvalue weighted by molar-refractivity contribution is 0.260. The first-order valence-corrected chi connectivity index (χ1v) is 9.30. The average molecular weight is 342 g/mol. The van der Waals surface area contributed by atoms with Gasteiger partial charge in [0.15, 0.2) is 5.82 Å². The maximum atomic E-state index is 5.71. The van der Waals surface area contributed by atoms with Gasteiger partial charge in [-0.2, -0.15) is 4.98 Å². The quantitative estimate of drug-likeness (QED) is 0.804. The molecule has 2 aromatic heterocycles. The molecule has 0 amide bonds. The number of rotatable bonds is 6. The Hall–Kier alpha value is -2.18. The minimum atomic E-state index is 0.477. The third kappa shape index (κ3) is 3.75. The number of anilines is 1. The molecule has 7 nitrogen and oxygen atoms in total. The topological polar surface area (TPSA) is 69.0 Å². The zero-order chi connectivity index (χ0) is 17.2. The summed E-state index contributed by atoms with van der Waals surface area (Å²) in [6.07, 6.45) is 10.1. The number of aromatic nitrogens is 5. The molecule has 0 radical (unpaired) electrons. The molecule has 2 fully saturated rings. The maximum Gasteiger partial charge on any atom is 0.234 e. The van der Waals surface area contributed by atoms with E-state index in [1.54, 1.807) is 6.20 Å². The van der Waals surface area contributed by atoms with Gasteiger partial charge in [0.05, 0.1) is 19.0 Å². The van der Waals surface area contributed by atoms with Crippen LogP contribution in [-0.2, 0) is 0 Å². The summed E-state index contributed by atoms with van der Waals surface area (Å²) in [7, 11) is 0. The molecular weight excluding hydrogens is 316 g/mol. The Balaban J connectivity index is 1.38. The molecule has 0 spiro atoms. The fourth-order valence-corrected chi connectivity index (χ4v) is 3.36. The minimum absolute atomic E-state index is 0.477. The second-order valence-corrected chi connectivity index (χ2v) is 7.51. The Labute approximate surface area is 148 Å². The summed E-state index contributed by atoms with van der Waals surface area (Å²) >= 11 is 0. The molecular formula is C18H26N6O. The lowest BCUT2D eigenvalue weighted by Crippen LogP contribution is -2.34. The van der Waals surface area contributed by atoms with E-state index in [9.17, 15) is 0 Å². The van der Waals surface area contributed by atoms with E-state index >= 15 is 0 Å². The third-order valence-electron chi connectivity index (χ3n) is 4.89. The average Bonchev–Trinajstić information content (AvgIpc) is 3.37. The predicted octanol–water partition coefficient (Wildman–Crippen LogP) is 2.82. The Morgan fingerprint density at radius 3 is 2.68 bits per heavy atom. The Morgan fingerprint density at radius 2 is 1.96 bits per heavy atom. The van der Waals surface area contributed by atoms with E-state index < -0.39 is 0 Å². The van der Waals surface area contributed by atoms with Crippen LogP contribution in [0.15, 0.2) is 18.7 Å². The molecule has 134 valence electrons. The first-order chi connectivity index (χ1) is 12.2. The molecule has 4 rings (SSSR count). The second kappa shape index (κ2) is 6.98. The zero-order valence-corrected chi connectivity index (χ0v) is 15.0. The molecule has 1 saturated heterocycles. The van der Waals surface area contributed by atoms with Gasteiger partial charge in [0, 0.05) is 25.0 Å². The van der Waals surface area contributed by atoms with E-state index in [1.165, 1.54) is 18.7 Å². The van der Waals surface area contributed by atoms with Crippen molar-refractivity contribution in [1.82, 2.24) is 24.7 Å². The van der Waals surface area contributed by atoms with Gasteiger partial charge in [-0.05, 0) is 31.6 Å². The van der Waals surface area contributed by atoms with Crippen molar-refractivity contribution in [3.63, 3.8) is 0 Å². The molecule has 1 aliphatic carbocycles. The van der Waals surface area contributed by atoms with Gasteiger partial charge < -0.3 is 14.2 Å². The molecule has 3 heterocycles. The van der Waals surface area contributed by atoms with Crippen LogP contribution >= 0.6 is 0 Å². The summed E-state index contributed by atoms with van der Waals surface area (Å²) in [6.45, 7) is 6.84. The summed E-state index contributed by atoms with van der Waals surface area (Å²) in [4.78, 5) is 11.2. The standard InChI is InChI=1S/C18H26N6O/c1-13(2)11-25-17-10-19-9-16(21-17)23-7-5-14(6-8-23)18-22-20-12-24(18)15-3-4-15/h9-10,12-15H,3-8,11H2,1-2H3. The Morgan fingerprint density at radius 1 is 1.16 bits per heavy atom. The lowest BCUT2D eigenvalue weighted by atomic mass is 9.96. The number of hydrogen-bond acceptors (Lipinski definition) is 6. The molecule has 2 aromatic rings. The minimum Gasteiger partial charge on any atom is -0.476 e. The van der Waals surface area contributed by atoms with Crippen molar-refractivity contribution < 1.29 is 4.74 Å². The number of ether oxygens (including phenoxy) is 1. The smallest absolute Gasteiger partial charge is 0.234 e. The number of hydrogen-bond donors (Lipinski definition) is 0. The van der Waals surface area contributed by atoms with Gasteiger partial charge in [0.2, 0.25) is 5.88 Å². The Bertz CT molecular complexity index is 703. The molecule has 2 aliphatic rings. The van der Waals surface area contributed by atoms with E-state index in [0.29, 0.717) is 30.4 Å². The van der Waals surface area contributed by atoms with E-state index in [4.69, 9.17) is 4.74 Å². The summed E-state index contributed by atoms with van der Waals surface area (Å²) < 4.78 is 8.00. The molecule has 0 aromatic carbocycles. The van der Waals surface area contributed by atoms with Crippen LogP contribution in [-0.4, -0.2) is 44.4 Å². The molecule has 0 unspecified atom stereocenters. The van der Waals surface area contributed by atoms with Gasteiger partial charge >= 0.3 is 0 Å². The molecule has 1 saturated carbocycles. The van der Waals surface area contributed by atoms with Crippen LogP contribution in [0.3, 0.4) is 0 Å².